The second kappa shape index (κ2) is 14.5. The lowest BCUT2D eigenvalue weighted by atomic mass is 10.1. The SMILES string of the molecule is COc1ccc(S(=O)(=O)N(CC(=O)N(Cc2cccc(Br)c2)C(C)C(=O)NCC(C)C)c2ccc(F)cc2)cc1OC. The summed E-state index contributed by atoms with van der Waals surface area (Å²) in [5.74, 6) is -0.882. The van der Waals surface area contributed by atoms with Gasteiger partial charge >= 0.3 is 0 Å². The molecule has 42 heavy (non-hydrogen) atoms. The van der Waals surface area contributed by atoms with E-state index in [4.69, 9.17) is 9.47 Å². The van der Waals surface area contributed by atoms with Gasteiger partial charge in [0, 0.05) is 23.6 Å². The number of carbonyl (C=O) groups is 2. The minimum absolute atomic E-state index is 0.0439. The van der Waals surface area contributed by atoms with Crippen molar-refractivity contribution in [2.45, 2.75) is 38.3 Å². The summed E-state index contributed by atoms with van der Waals surface area (Å²) in [6.45, 7) is 5.30. The van der Waals surface area contributed by atoms with Gasteiger partial charge in [0.1, 0.15) is 18.4 Å². The number of hydrogen-bond acceptors (Lipinski definition) is 6. The molecule has 0 aliphatic rings. The van der Waals surface area contributed by atoms with Crippen LogP contribution in [0.4, 0.5) is 10.1 Å². The fourth-order valence-corrected chi connectivity index (χ4v) is 5.98. The van der Waals surface area contributed by atoms with Crippen LogP contribution in [0.5, 0.6) is 11.5 Å². The minimum Gasteiger partial charge on any atom is -0.493 e. The molecule has 1 atom stereocenters. The van der Waals surface area contributed by atoms with Crippen molar-refractivity contribution < 1.29 is 31.9 Å². The van der Waals surface area contributed by atoms with Crippen LogP contribution in [0, 0.1) is 11.7 Å². The molecule has 0 aliphatic heterocycles. The summed E-state index contributed by atoms with van der Waals surface area (Å²) in [5.41, 5.74) is 0.802. The molecule has 0 spiro atoms. The maximum atomic E-state index is 14.0. The first-order valence-electron chi connectivity index (χ1n) is 13.2. The Morgan fingerprint density at radius 2 is 1.62 bits per heavy atom. The van der Waals surface area contributed by atoms with Gasteiger partial charge in [0.15, 0.2) is 11.5 Å². The molecule has 1 N–H and O–H groups in total. The summed E-state index contributed by atoms with van der Waals surface area (Å²) in [6, 6.07) is 15.2. The second-order valence-electron chi connectivity index (χ2n) is 9.97. The van der Waals surface area contributed by atoms with E-state index in [2.05, 4.69) is 21.2 Å². The number of hydrogen-bond donors (Lipinski definition) is 1. The summed E-state index contributed by atoms with van der Waals surface area (Å²) in [5, 5.41) is 2.84. The van der Waals surface area contributed by atoms with Crippen molar-refractivity contribution in [1.29, 1.82) is 0 Å². The molecule has 0 heterocycles. The largest absolute Gasteiger partial charge is 0.493 e. The summed E-state index contributed by atoms with van der Waals surface area (Å²) < 4.78 is 54.0. The van der Waals surface area contributed by atoms with E-state index >= 15 is 0 Å². The highest BCUT2D eigenvalue weighted by Gasteiger charge is 2.33. The van der Waals surface area contributed by atoms with Crippen LogP contribution in [-0.4, -0.2) is 58.5 Å². The summed E-state index contributed by atoms with van der Waals surface area (Å²) in [4.78, 5) is 28.2. The van der Waals surface area contributed by atoms with E-state index in [1.54, 1.807) is 13.0 Å². The number of carbonyl (C=O) groups excluding carboxylic acids is 2. The maximum absolute atomic E-state index is 14.0. The summed E-state index contributed by atoms with van der Waals surface area (Å²) >= 11 is 3.43. The molecule has 2 amide bonds. The maximum Gasteiger partial charge on any atom is 0.264 e. The lowest BCUT2D eigenvalue weighted by Gasteiger charge is -2.32. The van der Waals surface area contributed by atoms with Crippen molar-refractivity contribution in [3.05, 3.63) is 82.6 Å². The van der Waals surface area contributed by atoms with Crippen LogP contribution in [0.25, 0.3) is 0 Å². The molecule has 0 saturated heterocycles. The number of halogens is 2. The van der Waals surface area contributed by atoms with E-state index in [0.717, 1.165) is 26.5 Å². The molecule has 0 bridgehead atoms. The van der Waals surface area contributed by atoms with E-state index in [9.17, 15) is 22.4 Å². The van der Waals surface area contributed by atoms with E-state index < -0.39 is 34.3 Å². The first kappa shape index (κ1) is 32.9. The van der Waals surface area contributed by atoms with Crippen LogP contribution in [0.1, 0.15) is 26.3 Å². The Hall–Kier alpha value is -3.64. The molecule has 3 aromatic rings. The standard InChI is InChI=1S/C30H35BrFN3O6S/c1-20(2)17-33-30(37)21(3)34(18-22-7-6-8-23(31)15-22)29(36)19-35(25-11-9-24(32)10-12-25)42(38,39)26-13-14-27(40-4)28(16-26)41-5/h6-16,20-21H,17-19H2,1-5H3,(H,33,37). The summed E-state index contributed by atoms with van der Waals surface area (Å²) in [6.07, 6.45) is 0. The van der Waals surface area contributed by atoms with Gasteiger partial charge in [-0.1, -0.05) is 41.9 Å². The zero-order valence-electron chi connectivity index (χ0n) is 24.1. The van der Waals surface area contributed by atoms with E-state index in [1.807, 2.05) is 32.0 Å². The molecule has 226 valence electrons. The normalized spacial score (nSPS) is 12.0. The first-order chi connectivity index (χ1) is 19.9. The van der Waals surface area contributed by atoms with Gasteiger partial charge in [0.2, 0.25) is 11.8 Å². The Morgan fingerprint density at radius 3 is 2.21 bits per heavy atom. The molecule has 12 heteroatoms. The lowest BCUT2D eigenvalue weighted by molar-refractivity contribution is -0.139. The van der Waals surface area contributed by atoms with Crippen molar-refractivity contribution in [2.24, 2.45) is 5.92 Å². The van der Waals surface area contributed by atoms with E-state index in [1.165, 1.54) is 49.5 Å². The number of rotatable bonds is 13. The van der Waals surface area contributed by atoms with Gasteiger partial charge in [-0.05, 0) is 66.9 Å². The van der Waals surface area contributed by atoms with Crippen LogP contribution in [0.15, 0.2) is 76.1 Å². The quantitative estimate of drug-likeness (QED) is 0.276. The van der Waals surface area contributed by atoms with Crippen molar-refractivity contribution in [1.82, 2.24) is 10.2 Å². The molecular weight excluding hydrogens is 629 g/mol. The third kappa shape index (κ3) is 8.22. The van der Waals surface area contributed by atoms with Gasteiger partial charge in [-0.2, -0.15) is 0 Å². The Bertz CT molecular complexity index is 1500. The van der Waals surface area contributed by atoms with Crippen molar-refractivity contribution in [3.8, 4) is 11.5 Å². The predicted molar refractivity (Wildman–Crippen MR) is 162 cm³/mol. The molecule has 0 aliphatic carbocycles. The Balaban J connectivity index is 2.05. The fraction of sp³-hybridized carbons (Fsp3) is 0.333. The number of ether oxygens (including phenoxy) is 2. The smallest absolute Gasteiger partial charge is 0.264 e. The Labute approximate surface area is 254 Å². The number of nitrogens with one attached hydrogen (secondary N) is 1. The third-order valence-electron chi connectivity index (χ3n) is 6.43. The van der Waals surface area contributed by atoms with Gasteiger partial charge in [-0.3, -0.25) is 13.9 Å². The van der Waals surface area contributed by atoms with Crippen LogP contribution in [0.3, 0.4) is 0 Å². The van der Waals surface area contributed by atoms with Crippen molar-refractivity contribution in [2.75, 3.05) is 31.6 Å². The highest BCUT2D eigenvalue weighted by Crippen LogP contribution is 2.32. The highest BCUT2D eigenvalue weighted by molar-refractivity contribution is 9.10. The third-order valence-corrected chi connectivity index (χ3v) is 8.69. The van der Waals surface area contributed by atoms with E-state index in [-0.39, 0.29) is 34.7 Å². The molecular formula is C30H35BrFN3O6S. The molecule has 3 rings (SSSR count). The monoisotopic (exact) mass is 663 g/mol. The Kier molecular flexibility index (Phi) is 11.3. The number of anilines is 1. The van der Waals surface area contributed by atoms with Crippen molar-refractivity contribution >= 4 is 43.5 Å². The molecule has 0 fully saturated rings. The van der Waals surface area contributed by atoms with Gasteiger partial charge < -0.3 is 19.7 Å². The average molecular weight is 665 g/mol. The second-order valence-corrected chi connectivity index (χ2v) is 12.7. The zero-order chi connectivity index (χ0) is 31.0. The number of methoxy groups -OCH3 is 2. The summed E-state index contributed by atoms with van der Waals surface area (Å²) in [7, 11) is -1.58. The van der Waals surface area contributed by atoms with Crippen LogP contribution < -0.4 is 19.1 Å². The molecule has 0 aromatic heterocycles. The highest BCUT2D eigenvalue weighted by atomic mass is 79.9. The van der Waals surface area contributed by atoms with Crippen LogP contribution in [0.2, 0.25) is 0 Å². The number of nitrogens with zero attached hydrogens (tertiary/aromatic N) is 2. The molecule has 3 aromatic carbocycles. The van der Waals surface area contributed by atoms with Crippen molar-refractivity contribution in [3.63, 3.8) is 0 Å². The van der Waals surface area contributed by atoms with Gasteiger partial charge in [0.25, 0.3) is 10.0 Å². The minimum atomic E-state index is -4.38. The lowest BCUT2D eigenvalue weighted by Crippen LogP contribution is -2.51. The van der Waals surface area contributed by atoms with E-state index in [0.29, 0.717) is 12.3 Å². The zero-order valence-corrected chi connectivity index (χ0v) is 26.5. The first-order valence-corrected chi connectivity index (χ1v) is 15.4. The molecule has 0 saturated carbocycles. The molecule has 0 radical (unpaired) electrons. The van der Waals surface area contributed by atoms with Crippen LogP contribution >= 0.6 is 15.9 Å². The van der Waals surface area contributed by atoms with Gasteiger partial charge in [-0.25, -0.2) is 12.8 Å². The molecule has 9 nitrogen and oxygen atoms in total. The number of benzene rings is 3. The molecule has 1 unspecified atom stereocenters. The number of amides is 2. The Morgan fingerprint density at radius 1 is 0.952 bits per heavy atom. The predicted octanol–water partition coefficient (Wildman–Crippen LogP) is 4.99. The topological polar surface area (TPSA) is 105 Å². The average Bonchev–Trinajstić information content (AvgIpc) is 2.97. The number of sulfonamides is 1. The fourth-order valence-electron chi connectivity index (χ4n) is 4.11. The van der Waals surface area contributed by atoms with Crippen LogP contribution in [-0.2, 0) is 26.2 Å². The van der Waals surface area contributed by atoms with Gasteiger partial charge in [0.05, 0.1) is 24.8 Å². The van der Waals surface area contributed by atoms with Gasteiger partial charge in [-0.15, -0.1) is 0 Å².